The second kappa shape index (κ2) is 7.81. The summed E-state index contributed by atoms with van der Waals surface area (Å²) >= 11 is 0. The Labute approximate surface area is 142 Å². The summed E-state index contributed by atoms with van der Waals surface area (Å²) < 4.78 is 40.5. The second-order valence-corrected chi connectivity index (χ2v) is 5.60. The van der Waals surface area contributed by atoms with Crippen molar-refractivity contribution in [3.63, 3.8) is 0 Å². The van der Waals surface area contributed by atoms with Crippen molar-refractivity contribution < 1.29 is 23.1 Å². The number of carbonyl (C=O) groups excluding carboxylic acids is 1. The van der Waals surface area contributed by atoms with Gasteiger partial charge in [0.15, 0.2) is 0 Å². The molecule has 2 atom stereocenters. The third-order valence-corrected chi connectivity index (χ3v) is 3.61. The number of rotatable bonds is 5. The molecule has 2 N–H and O–H groups in total. The van der Waals surface area contributed by atoms with Crippen LogP contribution < -0.4 is 5.32 Å². The summed E-state index contributed by atoms with van der Waals surface area (Å²) in [5, 5.41) is 21.1. The molecular weight excluding hydrogens is 333 g/mol. The zero-order valence-electron chi connectivity index (χ0n) is 13.3. The molecule has 2 unspecified atom stereocenters. The Balaban J connectivity index is 2.05. The molecule has 2 rings (SSSR count). The van der Waals surface area contributed by atoms with Crippen molar-refractivity contribution >= 4 is 5.91 Å². The first-order chi connectivity index (χ1) is 11.8. The Kier molecular flexibility index (Phi) is 5.78. The molecule has 0 aliphatic heterocycles. The van der Waals surface area contributed by atoms with E-state index in [0.717, 1.165) is 12.1 Å². The zero-order valence-corrected chi connectivity index (χ0v) is 13.3. The quantitative estimate of drug-likeness (QED) is 0.871. The van der Waals surface area contributed by atoms with Crippen molar-refractivity contribution in [1.82, 2.24) is 5.32 Å². The number of amides is 1. The van der Waals surface area contributed by atoms with Crippen LogP contribution in [0.25, 0.3) is 0 Å². The van der Waals surface area contributed by atoms with E-state index in [9.17, 15) is 23.1 Å². The first kappa shape index (κ1) is 18.5. The minimum Gasteiger partial charge on any atom is -0.388 e. The SMILES string of the molecule is CC(CC(O)c1ccc(F)cc1)NC(=O)c1c(F)cc(C#N)cc1F. The fraction of sp³-hybridized carbons (Fsp3) is 0.222. The van der Waals surface area contributed by atoms with Crippen LogP contribution in [-0.2, 0) is 0 Å². The smallest absolute Gasteiger partial charge is 0.257 e. The van der Waals surface area contributed by atoms with Gasteiger partial charge in [-0.25, -0.2) is 13.2 Å². The molecule has 0 fully saturated rings. The lowest BCUT2D eigenvalue weighted by molar-refractivity contribution is 0.0908. The summed E-state index contributed by atoms with van der Waals surface area (Å²) in [6, 6.07) is 7.75. The molecule has 1 amide bonds. The van der Waals surface area contributed by atoms with Gasteiger partial charge in [0.2, 0.25) is 0 Å². The molecule has 0 spiro atoms. The Bertz CT molecular complexity index is 793. The average Bonchev–Trinajstić information content (AvgIpc) is 2.54. The monoisotopic (exact) mass is 348 g/mol. The van der Waals surface area contributed by atoms with Crippen molar-refractivity contribution in [2.24, 2.45) is 0 Å². The van der Waals surface area contributed by atoms with Crippen molar-refractivity contribution in [3.05, 3.63) is 70.5 Å². The van der Waals surface area contributed by atoms with Gasteiger partial charge in [0.1, 0.15) is 23.0 Å². The van der Waals surface area contributed by atoms with Crippen LogP contribution in [0.2, 0.25) is 0 Å². The molecular formula is C18H15F3N2O2. The highest BCUT2D eigenvalue weighted by Crippen LogP contribution is 2.20. The van der Waals surface area contributed by atoms with Crippen molar-refractivity contribution in [1.29, 1.82) is 5.26 Å². The molecule has 2 aromatic rings. The first-order valence-electron chi connectivity index (χ1n) is 7.45. The highest BCUT2D eigenvalue weighted by atomic mass is 19.1. The van der Waals surface area contributed by atoms with Gasteiger partial charge in [-0.2, -0.15) is 5.26 Å². The van der Waals surface area contributed by atoms with Crippen molar-refractivity contribution in [3.8, 4) is 6.07 Å². The lowest BCUT2D eigenvalue weighted by atomic mass is 10.0. The molecule has 7 heteroatoms. The number of halogens is 3. The predicted molar refractivity (Wildman–Crippen MR) is 84.0 cm³/mol. The van der Waals surface area contributed by atoms with Crippen LogP contribution in [0.15, 0.2) is 36.4 Å². The highest BCUT2D eigenvalue weighted by Gasteiger charge is 2.21. The summed E-state index contributed by atoms with van der Waals surface area (Å²) in [4.78, 5) is 12.1. The zero-order chi connectivity index (χ0) is 18.6. The third kappa shape index (κ3) is 4.58. The van der Waals surface area contributed by atoms with Crippen molar-refractivity contribution in [2.45, 2.75) is 25.5 Å². The van der Waals surface area contributed by atoms with Crippen LogP contribution in [0.3, 0.4) is 0 Å². The summed E-state index contributed by atoms with van der Waals surface area (Å²) in [5.41, 5.74) is -0.563. The summed E-state index contributed by atoms with van der Waals surface area (Å²) in [7, 11) is 0. The number of nitriles is 1. The maximum absolute atomic E-state index is 13.8. The molecule has 0 aliphatic carbocycles. The lowest BCUT2D eigenvalue weighted by Gasteiger charge is -2.18. The minimum absolute atomic E-state index is 0.0664. The van der Waals surface area contributed by atoms with Crippen LogP contribution in [0, 0.1) is 28.8 Å². The summed E-state index contributed by atoms with van der Waals surface area (Å²) in [5.74, 6) is -3.71. The average molecular weight is 348 g/mol. The number of nitrogens with zero attached hydrogens (tertiary/aromatic N) is 1. The van der Waals surface area contributed by atoms with E-state index in [1.165, 1.54) is 24.3 Å². The summed E-state index contributed by atoms with van der Waals surface area (Å²) in [6.07, 6.45) is -0.914. The Morgan fingerprint density at radius 1 is 1.20 bits per heavy atom. The number of benzene rings is 2. The van der Waals surface area contributed by atoms with Gasteiger partial charge in [-0.15, -0.1) is 0 Å². The van der Waals surface area contributed by atoms with Gasteiger partial charge in [-0.1, -0.05) is 12.1 Å². The van der Waals surface area contributed by atoms with Crippen LogP contribution in [-0.4, -0.2) is 17.1 Å². The van der Waals surface area contributed by atoms with E-state index in [-0.39, 0.29) is 12.0 Å². The summed E-state index contributed by atoms with van der Waals surface area (Å²) in [6.45, 7) is 1.56. The van der Waals surface area contributed by atoms with E-state index in [4.69, 9.17) is 5.26 Å². The van der Waals surface area contributed by atoms with Gasteiger partial charge < -0.3 is 10.4 Å². The molecule has 130 valence electrons. The Morgan fingerprint density at radius 3 is 2.28 bits per heavy atom. The van der Waals surface area contributed by atoms with Gasteiger partial charge >= 0.3 is 0 Å². The minimum atomic E-state index is -1.14. The van der Waals surface area contributed by atoms with E-state index in [2.05, 4.69) is 5.32 Å². The van der Waals surface area contributed by atoms with E-state index >= 15 is 0 Å². The van der Waals surface area contributed by atoms with Gasteiger partial charge in [0.25, 0.3) is 5.91 Å². The molecule has 0 saturated carbocycles. The molecule has 25 heavy (non-hydrogen) atoms. The number of hydrogen-bond acceptors (Lipinski definition) is 3. The van der Waals surface area contributed by atoms with E-state index in [0.29, 0.717) is 5.56 Å². The Morgan fingerprint density at radius 2 is 1.76 bits per heavy atom. The number of hydrogen-bond donors (Lipinski definition) is 2. The van der Waals surface area contributed by atoms with E-state index < -0.39 is 41.1 Å². The first-order valence-corrected chi connectivity index (χ1v) is 7.45. The number of carbonyl (C=O) groups is 1. The van der Waals surface area contributed by atoms with Crippen molar-refractivity contribution in [2.75, 3.05) is 0 Å². The fourth-order valence-electron chi connectivity index (χ4n) is 2.37. The maximum atomic E-state index is 13.8. The topological polar surface area (TPSA) is 73.1 Å². The fourth-order valence-corrected chi connectivity index (χ4v) is 2.37. The van der Waals surface area contributed by atoms with Gasteiger partial charge in [-0.3, -0.25) is 4.79 Å². The molecule has 0 bridgehead atoms. The van der Waals surface area contributed by atoms with Crippen LogP contribution in [0.1, 0.15) is 40.9 Å². The molecule has 0 aliphatic rings. The molecule has 0 saturated heterocycles. The van der Waals surface area contributed by atoms with Gasteiger partial charge in [0, 0.05) is 6.04 Å². The number of aliphatic hydroxyl groups is 1. The van der Waals surface area contributed by atoms with Crippen LogP contribution in [0.4, 0.5) is 13.2 Å². The molecule has 0 radical (unpaired) electrons. The second-order valence-electron chi connectivity index (χ2n) is 5.60. The van der Waals surface area contributed by atoms with Gasteiger partial charge in [0.05, 0.1) is 17.7 Å². The number of aliphatic hydroxyl groups excluding tert-OH is 1. The third-order valence-electron chi connectivity index (χ3n) is 3.61. The van der Waals surface area contributed by atoms with Crippen LogP contribution >= 0.6 is 0 Å². The Hall–Kier alpha value is -2.85. The number of nitrogens with one attached hydrogen (secondary N) is 1. The standard InChI is InChI=1S/C18H15F3N2O2/c1-10(6-16(24)12-2-4-13(19)5-3-12)23-18(25)17-14(20)7-11(9-22)8-15(17)21/h2-5,7-8,10,16,24H,6H2,1H3,(H,23,25). The molecule has 0 heterocycles. The molecule has 2 aromatic carbocycles. The predicted octanol–water partition coefficient (Wildman–Crippen LogP) is 3.22. The largest absolute Gasteiger partial charge is 0.388 e. The molecule has 0 aromatic heterocycles. The highest BCUT2D eigenvalue weighted by molar-refractivity contribution is 5.95. The lowest BCUT2D eigenvalue weighted by Crippen LogP contribution is -2.35. The normalized spacial score (nSPS) is 13.0. The van der Waals surface area contributed by atoms with E-state index in [1.54, 1.807) is 13.0 Å². The van der Waals surface area contributed by atoms with Gasteiger partial charge in [-0.05, 0) is 43.2 Å². The van der Waals surface area contributed by atoms with Crippen LogP contribution in [0.5, 0.6) is 0 Å². The molecule has 4 nitrogen and oxygen atoms in total. The van der Waals surface area contributed by atoms with E-state index in [1.807, 2.05) is 0 Å². The maximum Gasteiger partial charge on any atom is 0.257 e.